The molecule has 0 N–H and O–H groups in total. The van der Waals surface area contributed by atoms with E-state index in [2.05, 4.69) is 0 Å². The Kier molecular flexibility index (Phi) is 5.06. The first kappa shape index (κ1) is 19.8. The summed E-state index contributed by atoms with van der Waals surface area (Å²) < 4.78 is 39.1. The maximum absolute atomic E-state index is 13.0. The molecule has 0 unspecified atom stereocenters. The summed E-state index contributed by atoms with van der Waals surface area (Å²) in [6.45, 7) is 2.86. The molecule has 8 heteroatoms. The van der Waals surface area contributed by atoms with E-state index in [1.807, 2.05) is 22.4 Å². The molecule has 4 rings (SSSR count). The molecule has 1 saturated heterocycles. The number of rotatable bonds is 3. The quantitative estimate of drug-likeness (QED) is 0.718. The SMILES string of the molecule is CC1=NC2(CCN(C(=O)Cc3cccs3)CC2)N=C1c1cccc(C(F)(F)F)c1. The maximum Gasteiger partial charge on any atom is 0.416 e. The van der Waals surface area contributed by atoms with Gasteiger partial charge in [-0.25, -0.2) is 0 Å². The van der Waals surface area contributed by atoms with Gasteiger partial charge >= 0.3 is 6.18 Å². The van der Waals surface area contributed by atoms with Gasteiger partial charge in [0.05, 0.1) is 23.4 Å². The first-order valence-electron chi connectivity index (χ1n) is 9.40. The highest BCUT2D eigenvalue weighted by molar-refractivity contribution is 7.10. The van der Waals surface area contributed by atoms with E-state index >= 15 is 0 Å². The fourth-order valence-electron chi connectivity index (χ4n) is 3.81. The van der Waals surface area contributed by atoms with E-state index in [0.29, 0.717) is 49.3 Å². The first-order chi connectivity index (χ1) is 13.8. The van der Waals surface area contributed by atoms with Gasteiger partial charge in [0, 0.05) is 36.4 Å². The molecule has 2 aliphatic rings. The molecular formula is C21H20F3N3OS. The summed E-state index contributed by atoms with van der Waals surface area (Å²) in [5.41, 5.74) is 0.208. The highest BCUT2D eigenvalue weighted by Crippen LogP contribution is 2.35. The summed E-state index contributed by atoms with van der Waals surface area (Å²) in [6, 6.07) is 9.08. The Hall–Kier alpha value is -2.48. The summed E-state index contributed by atoms with van der Waals surface area (Å²) in [5, 5.41) is 1.95. The summed E-state index contributed by atoms with van der Waals surface area (Å²) in [5.74, 6) is 0.0862. The normalized spacial score (nSPS) is 18.7. The average Bonchev–Trinajstić information content (AvgIpc) is 3.30. The molecule has 2 aromatic rings. The number of piperidine rings is 1. The molecule has 1 aromatic heterocycles. The fraction of sp³-hybridized carbons (Fsp3) is 0.381. The third kappa shape index (κ3) is 4.12. The van der Waals surface area contributed by atoms with Crippen LogP contribution >= 0.6 is 11.3 Å². The third-order valence-electron chi connectivity index (χ3n) is 5.32. The predicted molar refractivity (Wildman–Crippen MR) is 108 cm³/mol. The molecule has 3 heterocycles. The van der Waals surface area contributed by atoms with Crippen molar-refractivity contribution in [1.82, 2.24) is 4.90 Å². The van der Waals surface area contributed by atoms with E-state index in [4.69, 9.17) is 9.98 Å². The average molecular weight is 419 g/mol. The van der Waals surface area contributed by atoms with E-state index in [1.165, 1.54) is 6.07 Å². The van der Waals surface area contributed by atoms with E-state index in [0.717, 1.165) is 17.0 Å². The van der Waals surface area contributed by atoms with Crippen LogP contribution in [0, 0.1) is 0 Å². The minimum absolute atomic E-state index is 0.0862. The van der Waals surface area contributed by atoms with Crippen molar-refractivity contribution in [2.75, 3.05) is 13.1 Å². The van der Waals surface area contributed by atoms with Crippen LogP contribution in [0.1, 0.15) is 35.8 Å². The molecule has 0 atom stereocenters. The lowest BCUT2D eigenvalue weighted by Gasteiger charge is -2.35. The van der Waals surface area contributed by atoms with Gasteiger partial charge in [0.2, 0.25) is 5.91 Å². The summed E-state index contributed by atoms with van der Waals surface area (Å²) in [7, 11) is 0. The number of hydrogen-bond donors (Lipinski definition) is 0. The van der Waals surface area contributed by atoms with Gasteiger partial charge in [-0.05, 0) is 30.5 Å². The lowest BCUT2D eigenvalue weighted by Crippen LogP contribution is -2.45. The van der Waals surface area contributed by atoms with E-state index < -0.39 is 17.4 Å². The van der Waals surface area contributed by atoms with Gasteiger partial charge in [-0.2, -0.15) is 13.2 Å². The number of amides is 1. The van der Waals surface area contributed by atoms with Gasteiger partial charge in [-0.15, -0.1) is 11.3 Å². The molecule has 0 aliphatic carbocycles. The molecule has 1 spiro atoms. The van der Waals surface area contributed by atoms with Gasteiger partial charge in [-0.1, -0.05) is 18.2 Å². The van der Waals surface area contributed by atoms with Crippen molar-refractivity contribution in [3.63, 3.8) is 0 Å². The Morgan fingerprint density at radius 2 is 1.93 bits per heavy atom. The zero-order valence-electron chi connectivity index (χ0n) is 15.9. The zero-order chi connectivity index (χ0) is 20.6. The lowest BCUT2D eigenvalue weighted by molar-refractivity contribution is -0.137. The molecule has 1 fully saturated rings. The smallest absolute Gasteiger partial charge is 0.342 e. The standard InChI is InChI=1S/C21H20F3N3OS/c1-14-19(15-4-2-5-16(12-15)21(22,23)24)26-20(25-14)7-9-27(10-8-20)18(28)13-17-6-3-11-29-17/h2-6,11-12H,7-10,13H2,1H3. The molecule has 4 nitrogen and oxygen atoms in total. The molecule has 0 radical (unpaired) electrons. The highest BCUT2D eigenvalue weighted by Gasteiger charge is 2.40. The molecule has 1 aromatic carbocycles. The van der Waals surface area contributed by atoms with E-state index in [1.54, 1.807) is 24.3 Å². The minimum atomic E-state index is -4.40. The molecule has 0 bridgehead atoms. The number of benzene rings is 1. The van der Waals surface area contributed by atoms with Crippen LogP contribution in [0.5, 0.6) is 0 Å². The van der Waals surface area contributed by atoms with E-state index in [-0.39, 0.29) is 5.91 Å². The Morgan fingerprint density at radius 1 is 1.17 bits per heavy atom. The largest absolute Gasteiger partial charge is 0.416 e. The number of alkyl halides is 3. The van der Waals surface area contributed by atoms with Crippen molar-refractivity contribution < 1.29 is 18.0 Å². The maximum atomic E-state index is 13.0. The number of likely N-dealkylation sites (tertiary alicyclic amines) is 1. The van der Waals surface area contributed by atoms with Crippen molar-refractivity contribution in [2.24, 2.45) is 9.98 Å². The molecule has 2 aliphatic heterocycles. The number of thiophene rings is 1. The van der Waals surface area contributed by atoms with Gasteiger partial charge in [0.25, 0.3) is 0 Å². The number of carbonyl (C=O) groups excluding carboxylic acids is 1. The Labute approximate surface area is 170 Å². The van der Waals surface area contributed by atoms with Crippen molar-refractivity contribution in [1.29, 1.82) is 0 Å². The van der Waals surface area contributed by atoms with Crippen LogP contribution in [0.2, 0.25) is 0 Å². The number of carbonyl (C=O) groups is 1. The Balaban J connectivity index is 1.48. The predicted octanol–water partition coefficient (Wildman–Crippen LogP) is 4.59. The second-order valence-electron chi connectivity index (χ2n) is 7.36. The van der Waals surface area contributed by atoms with Crippen molar-refractivity contribution in [3.8, 4) is 0 Å². The lowest BCUT2D eigenvalue weighted by atomic mass is 9.98. The topological polar surface area (TPSA) is 45.0 Å². The molecule has 152 valence electrons. The second-order valence-corrected chi connectivity index (χ2v) is 8.39. The second kappa shape index (κ2) is 7.40. The zero-order valence-corrected chi connectivity index (χ0v) is 16.7. The van der Waals surface area contributed by atoms with Gasteiger partial charge in [0.1, 0.15) is 0 Å². The van der Waals surface area contributed by atoms with Crippen LogP contribution in [0.3, 0.4) is 0 Å². The number of aliphatic imine (C=N–C) groups is 2. The number of halogens is 3. The van der Waals surface area contributed by atoms with E-state index in [9.17, 15) is 18.0 Å². The third-order valence-corrected chi connectivity index (χ3v) is 6.20. The first-order valence-corrected chi connectivity index (χ1v) is 10.3. The summed E-state index contributed by atoms with van der Waals surface area (Å²) >= 11 is 1.56. The molecular weight excluding hydrogens is 399 g/mol. The van der Waals surface area contributed by atoms with Crippen LogP contribution in [0.4, 0.5) is 13.2 Å². The van der Waals surface area contributed by atoms with Crippen LogP contribution in [0.25, 0.3) is 0 Å². The van der Waals surface area contributed by atoms with Crippen LogP contribution in [0.15, 0.2) is 51.8 Å². The van der Waals surface area contributed by atoms with Crippen molar-refractivity contribution in [3.05, 3.63) is 57.8 Å². The van der Waals surface area contributed by atoms with Crippen LogP contribution in [-0.2, 0) is 17.4 Å². The monoisotopic (exact) mass is 419 g/mol. The highest BCUT2D eigenvalue weighted by atomic mass is 32.1. The van der Waals surface area contributed by atoms with Crippen molar-refractivity contribution in [2.45, 2.75) is 38.0 Å². The van der Waals surface area contributed by atoms with Gasteiger partial charge < -0.3 is 4.90 Å². The fourth-order valence-corrected chi connectivity index (χ4v) is 4.50. The Morgan fingerprint density at radius 3 is 2.59 bits per heavy atom. The van der Waals surface area contributed by atoms with Gasteiger partial charge in [0.15, 0.2) is 5.66 Å². The van der Waals surface area contributed by atoms with Gasteiger partial charge in [-0.3, -0.25) is 14.8 Å². The van der Waals surface area contributed by atoms with Crippen LogP contribution < -0.4 is 0 Å². The molecule has 1 amide bonds. The molecule has 0 saturated carbocycles. The summed E-state index contributed by atoms with van der Waals surface area (Å²) in [4.78, 5) is 24.8. The number of hydrogen-bond acceptors (Lipinski definition) is 4. The molecule has 29 heavy (non-hydrogen) atoms. The van der Waals surface area contributed by atoms with Crippen molar-refractivity contribution >= 4 is 28.7 Å². The van der Waals surface area contributed by atoms with Crippen LogP contribution in [-0.4, -0.2) is 41.0 Å². The minimum Gasteiger partial charge on any atom is -0.342 e. The Bertz CT molecular complexity index is 971. The number of nitrogens with zero attached hydrogens (tertiary/aromatic N) is 3. The summed E-state index contributed by atoms with van der Waals surface area (Å²) in [6.07, 6.45) is -2.86.